The van der Waals surface area contributed by atoms with E-state index in [0.29, 0.717) is 30.5 Å². The molecule has 2 saturated heterocycles. The number of benzene rings is 1. The maximum atomic E-state index is 12.6. The van der Waals surface area contributed by atoms with Crippen molar-refractivity contribution in [3.8, 4) is 0 Å². The lowest BCUT2D eigenvalue weighted by Crippen LogP contribution is -2.32. The van der Waals surface area contributed by atoms with E-state index in [-0.39, 0.29) is 10.8 Å². The van der Waals surface area contributed by atoms with Gasteiger partial charge in [0.1, 0.15) is 0 Å². The second-order valence-corrected chi connectivity index (χ2v) is 7.54. The van der Waals surface area contributed by atoms with Gasteiger partial charge in [-0.15, -0.1) is 0 Å². The van der Waals surface area contributed by atoms with Gasteiger partial charge < -0.3 is 10.6 Å². The minimum Gasteiger partial charge on any atom is -0.355 e. The third-order valence-corrected chi connectivity index (χ3v) is 6.18. The maximum Gasteiger partial charge on any atom is 0.251 e. The summed E-state index contributed by atoms with van der Waals surface area (Å²) in [5.74, 6) is 0.621. The summed E-state index contributed by atoms with van der Waals surface area (Å²) in [4.78, 5) is 11.7. The summed E-state index contributed by atoms with van der Waals surface area (Å²) in [5.41, 5.74) is 0.457. The molecule has 6 nitrogen and oxygen atoms in total. The molecule has 2 unspecified atom stereocenters. The zero-order valence-electron chi connectivity index (χ0n) is 11.9. The Balaban J connectivity index is 1.80. The van der Waals surface area contributed by atoms with Crippen LogP contribution in [0.15, 0.2) is 29.2 Å². The van der Waals surface area contributed by atoms with Crippen molar-refractivity contribution in [1.29, 1.82) is 0 Å². The molecule has 0 bridgehead atoms. The molecule has 114 valence electrons. The fourth-order valence-corrected chi connectivity index (χ4v) is 4.63. The number of nitrogens with one attached hydrogen (secondary N) is 2. The Kier molecular flexibility index (Phi) is 3.73. The van der Waals surface area contributed by atoms with Crippen molar-refractivity contribution in [3.05, 3.63) is 29.8 Å². The first-order valence-electron chi connectivity index (χ1n) is 7.05. The Morgan fingerprint density at radius 1 is 1.19 bits per heavy atom. The van der Waals surface area contributed by atoms with Crippen molar-refractivity contribution in [2.45, 2.75) is 4.90 Å². The summed E-state index contributed by atoms with van der Waals surface area (Å²) in [6.07, 6.45) is 0. The summed E-state index contributed by atoms with van der Waals surface area (Å²) in [5, 5.41) is 5.81. The number of fused-ring (bicyclic) bond motifs is 1. The molecule has 2 heterocycles. The Hall–Kier alpha value is -1.44. The Bertz CT molecular complexity index is 630. The van der Waals surface area contributed by atoms with Crippen LogP contribution in [0.3, 0.4) is 0 Å². The molecular formula is C14H19N3O3S. The molecule has 1 aromatic carbocycles. The van der Waals surface area contributed by atoms with Gasteiger partial charge in [-0.05, 0) is 49.2 Å². The Morgan fingerprint density at radius 3 is 2.29 bits per heavy atom. The van der Waals surface area contributed by atoms with Crippen molar-refractivity contribution < 1.29 is 13.2 Å². The van der Waals surface area contributed by atoms with E-state index in [1.807, 2.05) is 0 Å². The highest BCUT2D eigenvalue weighted by Gasteiger charge is 2.41. The van der Waals surface area contributed by atoms with Gasteiger partial charge in [-0.1, -0.05) is 0 Å². The highest BCUT2D eigenvalue weighted by Crippen LogP contribution is 2.30. The van der Waals surface area contributed by atoms with Crippen LogP contribution in [0.5, 0.6) is 0 Å². The molecule has 7 heteroatoms. The third kappa shape index (κ3) is 2.56. The normalized spacial score (nSPS) is 25.8. The van der Waals surface area contributed by atoms with Gasteiger partial charge in [-0.25, -0.2) is 8.42 Å². The summed E-state index contributed by atoms with van der Waals surface area (Å²) in [6, 6.07) is 6.10. The van der Waals surface area contributed by atoms with E-state index in [4.69, 9.17) is 0 Å². The fourth-order valence-electron chi connectivity index (χ4n) is 3.08. The second kappa shape index (κ2) is 5.40. The molecule has 1 amide bonds. The summed E-state index contributed by atoms with van der Waals surface area (Å²) < 4.78 is 26.8. The predicted octanol–water partition coefficient (Wildman–Crippen LogP) is -0.114. The van der Waals surface area contributed by atoms with E-state index >= 15 is 0 Å². The van der Waals surface area contributed by atoms with E-state index in [2.05, 4.69) is 10.6 Å². The van der Waals surface area contributed by atoms with Gasteiger partial charge in [0.15, 0.2) is 0 Å². The van der Waals surface area contributed by atoms with E-state index in [0.717, 1.165) is 13.1 Å². The summed E-state index contributed by atoms with van der Waals surface area (Å²) >= 11 is 0. The molecule has 2 atom stereocenters. The molecule has 0 spiro atoms. The number of carbonyl (C=O) groups excluding carboxylic acids is 1. The average molecular weight is 309 g/mol. The van der Waals surface area contributed by atoms with Crippen molar-refractivity contribution in [2.24, 2.45) is 11.8 Å². The Morgan fingerprint density at radius 2 is 1.76 bits per heavy atom. The number of nitrogens with zero attached hydrogens (tertiary/aromatic N) is 1. The third-order valence-electron chi connectivity index (χ3n) is 4.34. The molecule has 21 heavy (non-hydrogen) atoms. The van der Waals surface area contributed by atoms with Crippen LogP contribution in [0.4, 0.5) is 0 Å². The second-order valence-electron chi connectivity index (χ2n) is 5.60. The molecule has 0 aliphatic carbocycles. The van der Waals surface area contributed by atoms with E-state index in [9.17, 15) is 13.2 Å². The zero-order chi connectivity index (χ0) is 15.0. The van der Waals surface area contributed by atoms with Gasteiger partial charge in [0, 0.05) is 25.7 Å². The Labute approximate surface area is 124 Å². The van der Waals surface area contributed by atoms with Crippen molar-refractivity contribution >= 4 is 15.9 Å². The lowest BCUT2D eigenvalue weighted by molar-refractivity contribution is 0.0963. The van der Waals surface area contributed by atoms with Crippen LogP contribution in [0, 0.1) is 11.8 Å². The largest absolute Gasteiger partial charge is 0.355 e. The zero-order valence-corrected chi connectivity index (χ0v) is 12.7. The van der Waals surface area contributed by atoms with Gasteiger partial charge in [-0.3, -0.25) is 4.79 Å². The predicted molar refractivity (Wildman–Crippen MR) is 78.4 cm³/mol. The molecule has 2 fully saturated rings. The molecule has 2 aliphatic heterocycles. The minimum absolute atomic E-state index is 0.222. The number of carbonyl (C=O) groups is 1. The van der Waals surface area contributed by atoms with Gasteiger partial charge in [-0.2, -0.15) is 4.31 Å². The number of hydrogen-bond donors (Lipinski definition) is 2. The minimum atomic E-state index is -3.46. The highest BCUT2D eigenvalue weighted by molar-refractivity contribution is 7.89. The van der Waals surface area contributed by atoms with E-state index in [1.54, 1.807) is 23.5 Å². The number of sulfonamides is 1. The van der Waals surface area contributed by atoms with Crippen LogP contribution < -0.4 is 10.6 Å². The molecule has 1 aromatic rings. The van der Waals surface area contributed by atoms with Crippen LogP contribution >= 0.6 is 0 Å². The maximum absolute atomic E-state index is 12.6. The van der Waals surface area contributed by atoms with Gasteiger partial charge >= 0.3 is 0 Å². The average Bonchev–Trinajstić information content (AvgIpc) is 3.08. The van der Waals surface area contributed by atoms with Crippen molar-refractivity contribution in [3.63, 3.8) is 0 Å². The first kappa shape index (κ1) is 14.5. The van der Waals surface area contributed by atoms with Crippen molar-refractivity contribution in [1.82, 2.24) is 14.9 Å². The topological polar surface area (TPSA) is 78.5 Å². The number of rotatable bonds is 3. The van der Waals surface area contributed by atoms with E-state index < -0.39 is 10.0 Å². The molecule has 0 radical (unpaired) electrons. The van der Waals surface area contributed by atoms with Crippen LogP contribution in [0.25, 0.3) is 0 Å². The number of amides is 1. The quantitative estimate of drug-likeness (QED) is 0.816. The molecule has 0 aromatic heterocycles. The van der Waals surface area contributed by atoms with Crippen LogP contribution in [0.2, 0.25) is 0 Å². The molecule has 3 rings (SSSR count). The van der Waals surface area contributed by atoms with Crippen LogP contribution in [0.1, 0.15) is 10.4 Å². The van der Waals surface area contributed by atoms with Crippen molar-refractivity contribution in [2.75, 3.05) is 33.2 Å². The van der Waals surface area contributed by atoms with Crippen LogP contribution in [-0.4, -0.2) is 51.9 Å². The molecule has 0 saturated carbocycles. The molecule has 2 N–H and O–H groups in total. The van der Waals surface area contributed by atoms with Crippen LogP contribution in [-0.2, 0) is 10.0 Å². The first-order chi connectivity index (χ1) is 10.0. The molecular weight excluding hydrogens is 290 g/mol. The SMILES string of the molecule is CNC(=O)c1ccc(S(=O)(=O)N2CC3CNCC3C2)cc1. The lowest BCUT2D eigenvalue weighted by Gasteiger charge is -2.17. The van der Waals surface area contributed by atoms with Gasteiger partial charge in [0.05, 0.1) is 4.90 Å². The summed E-state index contributed by atoms with van der Waals surface area (Å²) in [6.45, 7) is 2.95. The van der Waals surface area contributed by atoms with E-state index in [1.165, 1.54) is 12.1 Å². The fraction of sp³-hybridized carbons (Fsp3) is 0.500. The highest BCUT2D eigenvalue weighted by atomic mass is 32.2. The lowest BCUT2D eigenvalue weighted by atomic mass is 10.0. The van der Waals surface area contributed by atoms with Gasteiger partial charge in [0.25, 0.3) is 5.91 Å². The number of hydrogen-bond acceptors (Lipinski definition) is 4. The van der Waals surface area contributed by atoms with Gasteiger partial charge in [0.2, 0.25) is 10.0 Å². The monoisotopic (exact) mass is 309 g/mol. The first-order valence-corrected chi connectivity index (χ1v) is 8.49. The standard InChI is InChI=1S/C14H19N3O3S/c1-15-14(18)10-2-4-13(5-3-10)21(19,20)17-8-11-6-16-7-12(11)9-17/h2-5,11-12,16H,6-9H2,1H3,(H,15,18). The molecule has 2 aliphatic rings. The smallest absolute Gasteiger partial charge is 0.251 e. The summed E-state index contributed by atoms with van der Waals surface area (Å²) in [7, 11) is -1.91.